The third kappa shape index (κ3) is 3.60. The highest BCUT2D eigenvalue weighted by Crippen LogP contribution is 2.25. The molecule has 1 aromatic heterocycles. The first-order chi connectivity index (χ1) is 9.53. The van der Waals surface area contributed by atoms with Crippen molar-refractivity contribution in [1.82, 2.24) is 15.4 Å². The van der Waals surface area contributed by atoms with Crippen LogP contribution in [0.15, 0.2) is 16.9 Å². The fraction of sp³-hybridized carbons (Fsp3) is 0.733. The Hall–Kier alpha value is -1.36. The highest BCUT2D eigenvalue weighted by molar-refractivity contribution is 5.91. The number of nitrogens with one attached hydrogen (secondary N) is 1. The lowest BCUT2D eigenvalue weighted by molar-refractivity contribution is 0.0610. The Bertz CT molecular complexity index is 428. The van der Waals surface area contributed by atoms with Gasteiger partial charge in [-0.05, 0) is 39.2 Å². The van der Waals surface area contributed by atoms with Crippen LogP contribution in [-0.4, -0.2) is 41.1 Å². The topological polar surface area (TPSA) is 58.4 Å². The lowest BCUT2D eigenvalue weighted by Crippen LogP contribution is -2.54. The van der Waals surface area contributed by atoms with Gasteiger partial charge in [-0.3, -0.25) is 9.69 Å². The van der Waals surface area contributed by atoms with E-state index in [1.165, 1.54) is 25.5 Å². The minimum absolute atomic E-state index is 0.0345. The Morgan fingerprint density at radius 1 is 1.60 bits per heavy atom. The quantitative estimate of drug-likeness (QED) is 0.898. The van der Waals surface area contributed by atoms with Crippen molar-refractivity contribution in [3.05, 3.63) is 18.0 Å². The Labute approximate surface area is 120 Å². The number of likely N-dealkylation sites (tertiary alicyclic amines) is 1. The third-order valence-electron chi connectivity index (χ3n) is 4.30. The van der Waals surface area contributed by atoms with E-state index in [1.54, 1.807) is 6.07 Å². The number of nitrogens with zero attached hydrogens (tertiary/aromatic N) is 2. The summed E-state index contributed by atoms with van der Waals surface area (Å²) in [6.45, 7) is 9.50. The number of hydrogen-bond donors (Lipinski definition) is 1. The second kappa shape index (κ2) is 6.39. The Balaban J connectivity index is 1.88. The Morgan fingerprint density at radius 3 is 3.05 bits per heavy atom. The summed E-state index contributed by atoms with van der Waals surface area (Å²) in [7, 11) is 0. The summed E-state index contributed by atoms with van der Waals surface area (Å²) in [6.07, 6.45) is 5.22. The fourth-order valence-electron chi connectivity index (χ4n) is 2.78. The van der Waals surface area contributed by atoms with Crippen LogP contribution >= 0.6 is 0 Å². The zero-order valence-corrected chi connectivity index (χ0v) is 12.7. The number of carbonyl (C=O) groups is 1. The molecule has 1 N–H and O–H groups in total. The van der Waals surface area contributed by atoms with Gasteiger partial charge in [-0.2, -0.15) is 0 Å². The average Bonchev–Trinajstić information content (AvgIpc) is 2.99. The maximum Gasteiger partial charge on any atom is 0.273 e. The normalized spacial score (nSPS) is 20.9. The van der Waals surface area contributed by atoms with E-state index >= 15 is 0 Å². The molecule has 5 nitrogen and oxygen atoms in total. The van der Waals surface area contributed by atoms with Crippen molar-refractivity contribution in [3.63, 3.8) is 0 Å². The van der Waals surface area contributed by atoms with Crippen LogP contribution in [0.1, 0.15) is 50.5 Å². The van der Waals surface area contributed by atoms with E-state index in [0.717, 1.165) is 19.0 Å². The molecule has 1 amide bonds. The molecule has 0 aromatic carbocycles. The Morgan fingerprint density at radius 2 is 2.40 bits per heavy atom. The van der Waals surface area contributed by atoms with Gasteiger partial charge in [-0.25, -0.2) is 0 Å². The molecule has 20 heavy (non-hydrogen) atoms. The van der Waals surface area contributed by atoms with Crippen LogP contribution in [0, 0.1) is 5.92 Å². The molecule has 112 valence electrons. The van der Waals surface area contributed by atoms with Crippen LogP contribution in [0.2, 0.25) is 0 Å². The molecule has 1 saturated heterocycles. The lowest BCUT2D eigenvalue weighted by atomic mass is 9.91. The van der Waals surface area contributed by atoms with Crippen LogP contribution in [0.5, 0.6) is 0 Å². The molecule has 2 heterocycles. The van der Waals surface area contributed by atoms with Crippen LogP contribution < -0.4 is 5.32 Å². The maximum atomic E-state index is 11.9. The van der Waals surface area contributed by atoms with E-state index in [9.17, 15) is 4.79 Å². The summed E-state index contributed by atoms with van der Waals surface area (Å²) in [5.41, 5.74) is 0.304. The van der Waals surface area contributed by atoms with Gasteiger partial charge in [0.15, 0.2) is 5.69 Å². The summed E-state index contributed by atoms with van der Waals surface area (Å²) in [5.74, 6) is 0.616. The summed E-state index contributed by atoms with van der Waals surface area (Å²) < 4.78 is 4.69. The first kappa shape index (κ1) is 15.0. The molecule has 5 heteroatoms. The molecule has 0 aliphatic carbocycles. The molecule has 1 aromatic rings. The molecule has 0 radical (unpaired) electrons. The van der Waals surface area contributed by atoms with Crippen molar-refractivity contribution < 1.29 is 9.32 Å². The van der Waals surface area contributed by atoms with Gasteiger partial charge in [0, 0.05) is 24.7 Å². The highest BCUT2D eigenvalue weighted by atomic mass is 16.5. The van der Waals surface area contributed by atoms with Gasteiger partial charge >= 0.3 is 0 Å². The monoisotopic (exact) mass is 279 g/mol. The Kier molecular flexibility index (Phi) is 4.81. The van der Waals surface area contributed by atoms with Gasteiger partial charge in [-0.1, -0.05) is 18.5 Å². The molecule has 0 unspecified atom stereocenters. The van der Waals surface area contributed by atoms with Gasteiger partial charge in [0.2, 0.25) is 0 Å². The van der Waals surface area contributed by atoms with Crippen molar-refractivity contribution in [1.29, 1.82) is 0 Å². The molecule has 1 aliphatic rings. The van der Waals surface area contributed by atoms with Crippen molar-refractivity contribution in [3.8, 4) is 0 Å². The number of amides is 1. The molecule has 0 saturated carbocycles. The molecule has 1 aliphatic heterocycles. The van der Waals surface area contributed by atoms with Gasteiger partial charge in [-0.15, -0.1) is 0 Å². The molecule has 2 rings (SSSR count). The predicted octanol–water partition coefficient (Wildman–Crippen LogP) is 2.31. The molecule has 1 atom stereocenters. The van der Waals surface area contributed by atoms with Gasteiger partial charge < -0.3 is 9.84 Å². The van der Waals surface area contributed by atoms with E-state index in [1.807, 2.05) is 0 Å². The fourth-order valence-corrected chi connectivity index (χ4v) is 2.78. The summed E-state index contributed by atoms with van der Waals surface area (Å²) in [5, 5.41) is 6.61. The van der Waals surface area contributed by atoms with E-state index in [2.05, 4.69) is 36.1 Å². The largest absolute Gasteiger partial charge is 0.364 e. The van der Waals surface area contributed by atoms with Crippen LogP contribution in [0.3, 0.4) is 0 Å². The standard InChI is InChI=1S/C15H25N3O2/c1-4-12-6-5-8-18(10-12)15(2,3)11-16-14(19)13-7-9-20-17-13/h7,9,12H,4-6,8,10-11H2,1-3H3,(H,16,19)/t12-/m0/s1. The zero-order valence-electron chi connectivity index (χ0n) is 12.7. The van der Waals surface area contributed by atoms with Crippen molar-refractivity contribution in [2.45, 2.75) is 45.6 Å². The lowest BCUT2D eigenvalue weighted by Gasteiger charge is -2.43. The number of hydrogen-bond acceptors (Lipinski definition) is 4. The third-order valence-corrected chi connectivity index (χ3v) is 4.30. The molecule has 1 fully saturated rings. The number of piperidine rings is 1. The van der Waals surface area contributed by atoms with E-state index in [0.29, 0.717) is 12.2 Å². The van der Waals surface area contributed by atoms with Gasteiger partial charge in [0.25, 0.3) is 5.91 Å². The zero-order chi connectivity index (χ0) is 14.6. The summed E-state index contributed by atoms with van der Waals surface area (Å²) in [4.78, 5) is 14.4. The average molecular weight is 279 g/mol. The minimum Gasteiger partial charge on any atom is -0.364 e. The molecular weight excluding hydrogens is 254 g/mol. The smallest absolute Gasteiger partial charge is 0.273 e. The number of rotatable bonds is 5. The van der Waals surface area contributed by atoms with E-state index in [4.69, 9.17) is 4.52 Å². The predicted molar refractivity (Wildman–Crippen MR) is 77.5 cm³/mol. The van der Waals surface area contributed by atoms with Gasteiger partial charge in [0.05, 0.1) is 0 Å². The van der Waals surface area contributed by atoms with E-state index < -0.39 is 0 Å². The van der Waals surface area contributed by atoms with Gasteiger partial charge in [0.1, 0.15) is 6.26 Å². The second-order valence-electron chi connectivity index (χ2n) is 6.24. The number of aromatic nitrogens is 1. The minimum atomic E-state index is -0.170. The number of carbonyl (C=O) groups excluding carboxylic acids is 1. The van der Waals surface area contributed by atoms with Crippen LogP contribution in [0.4, 0.5) is 0 Å². The van der Waals surface area contributed by atoms with Crippen molar-refractivity contribution in [2.75, 3.05) is 19.6 Å². The van der Waals surface area contributed by atoms with Crippen LogP contribution in [0.25, 0.3) is 0 Å². The van der Waals surface area contributed by atoms with E-state index in [-0.39, 0.29) is 11.4 Å². The highest BCUT2D eigenvalue weighted by Gasteiger charge is 2.31. The van der Waals surface area contributed by atoms with Crippen molar-refractivity contribution >= 4 is 5.91 Å². The summed E-state index contributed by atoms with van der Waals surface area (Å²) >= 11 is 0. The summed E-state index contributed by atoms with van der Waals surface area (Å²) in [6, 6.07) is 1.58. The van der Waals surface area contributed by atoms with Crippen LogP contribution in [-0.2, 0) is 0 Å². The molecule has 0 bridgehead atoms. The maximum absolute atomic E-state index is 11.9. The first-order valence-corrected chi connectivity index (χ1v) is 7.46. The molecule has 0 spiro atoms. The molecular formula is C15H25N3O2. The van der Waals surface area contributed by atoms with Crippen molar-refractivity contribution in [2.24, 2.45) is 5.92 Å². The SMILES string of the molecule is CC[C@H]1CCCN(C(C)(C)CNC(=O)c2ccon2)C1. The first-order valence-electron chi connectivity index (χ1n) is 7.46. The second-order valence-corrected chi connectivity index (χ2v) is 6.24.